The SMILES string of the molecule is CCC1CCCCN1C(=O)N/C=C/C(C)C. The number of rotatable bonds is 3. The van der Waals surface area contributed by atoms with Gasteiger partial charge in [-0.15, -0.1) is 0 Å². The van der Waals surface area contributed by atoms with Crippen LogP contribution in [0, 0.1) is 5.92 Å². The van der Waals surface area contributed by atoms with Crippen LogP contribution in [0.25, 0.3) is 0 Å². The number of carbonyl (C=O) groups is 1. The predicted molar refractivity (Wildman–Crippen MR) is 67.1 cm³/mol. The molecule has 0 radical (unpaired) electrons. The molecule has 0 saturated carbocycles. The topological polar surface area (TPSA) is 32.3 Å². The van der Waals surface area contributed by atoms with Gasteiger partial charge in [0.25, 0.3) is 0 Å². The van der Waals surface area contributed by atoms with Crippen molar-refractivity contribution >= 4 is 6.03 Å². The lowest BCUT2D eigenvalue weighted by Crippen LogP contribution is -2.47. The first kappa shape index (κ1) is 13.1. The van der Waals surface area contributed by atoms with Crippen molar-refractivity contribution in [1.29, 1.82) is 0 Å². The standard InChI is InChI=1S/C13H24N2O/c1-4-12-7-5-6-10-15(12)13(16)14-9-8-11(2)3/h8-9,11-12H,4-7,10H2,1-3H3,(H,14,16)/b9-8+. The summed E-state index contributed by atoms with van der Waals surface area (Å²) in [5.41, 5.74) is 0. The van der Waals surface area contributed by atoms with Gasteiger partial charge in [0.1, 0.15) is 0 Å². The molecule has 3 nitrogen and oxygen atoms in total. The Hall–Kier alpha value is -0.990. The summed E-state index contributed by atoms with van der Waals surface area (Å²) in [4.78, 5) is 13.9. The van der Waals surface area contributed by atoms with Crippen molar-refractivity contribution in [3.63, 3.8) is 0 Å². The van der Waals surface area contributed by atoms with Crippen LogP contribution in [0.2, 0.25) is 0 Å². The molecule has 16 heavy (non-hydrogen) atoms. The Morgan fingerprint density at radius 2 is 2.25 bits per heavy atom. The minimum absolute atomic E-state index is 0.0588. The summed E-state index contributed by atoms with van der Waals surface area (Å²) in [5, 5.41) is 2.85. The van der Waals surface area contributed by atoms with Crippen molar-refractivity contribution in [2.45, 2.75) is 52.5 Å². The first-order chi connectivity index (χ1) is 7.65. The van der Waals surface area contributed by atoms with Gasteiger partial charge < -0.3 is 10.2 Å². The number of nitrogens with one attached hydrogen (secondary N) is 1. The molecule has 1 saturated heterocycles. The van der Waals surface area contributed by atoms with Crippen LogP contribution in [0.15, 0.2) is 12.3 Å². The molecule has 3 heteroatoms. The largest absolute Gasteiger partial charge is 0.322 e. The number of carbonyl (C=O) groups excluding carboxylic acids is 1. The number of allylic oxidation sites excluding steroid dienone is 1. The van der Waals surface area contributed by atoms with Gasteiger partial charge in [-0.05, 0) is 31.6 Å². The number of urea groups is 1. The zero-order valence-corrected chi connectivity index (χ0v) is 10.7. The van der Waals surface area contributed by atoms with E-state index < -0.39 is 0 Å². The van der Waals surface area contributed by atoms with Crippen LogP contribution in [0.1, 0.15) is 46.5 Å². The van der Waals surface area contributed by atoms with Crippen LogP contribution in [-0.4, -0.2) is 23.5 Å². The molecule has 0 aliphatic carbocycles. The number of piperidine rings is 1. The number of nitrogens with zero attached hydrogens (tertiary/aromatic N) is 1. The minimum atomic E-state index is 0.0588. The van der Waals surface area contributed by atoms with Crippen LogP contribution < -0.4 is 5.32 Å². The monoisotopic (exact) mass is 224 g/mol. The van der Waals surface area contributed by atoms with E-state index in [2.05, 4.69) is 26.1 Å². The molecule has 1 unspecified atom stereocenters. The summed E-state index contributed by atoms with van der Waals surface area (Å²) in [6, 6.07) is 0.490. The normalized spacial score (nSPS) is 21.8. The maximum absolute atomic E-state index is 11.9. The van der Waals surface area contributed by atoms with Gasteiger partial charge >= 0.3 is 6.03 Å². The third-order valence-electron chi connectivity index (χ3n) is 3.05. The molecule has 1 fully saturated rings. The van der Waals surface area contributed by atoms with Crippen LogP contribution in [0.4, 0.5) is 4.79 Å². The van der Waals surface area contributed by atoms with E-state index in [1.165, 1.54) is 6.42 Å². The maximum atomic E-state index is 11.9. The highest BCUT2D eigenvalue weighted by Crippen LogP contribution is 2.19. The van der Waals surface area contributed by atoms with Crippen LogP contribution >= 0.6 is 0 Å². The zero-order valence-electron chi connectivity index (χ0n) is 10.7. The lowest BCUT2D eigenvalue weighted by Gasteiger charge is -2.34. The smallest absolute Gasteiger partial charge is 0.321 e. The van der Waals surface area contributed by atoms with Gasteiger partial charge in [-0.2, -0.15) is 0 Å². The van der Waals surface area contributed by atoms with E-state index in [1.807, 2.05) is 11.0 Å². The van der Waals surface area contributed by atoms with Crippen LogP contribution in [-0.2, 0) is 0 Å². The van der Waals surface area contributed by atoms with Gasteiger partial charge in [-0.25, -0.2) is 4.79 Å². The van der Waals surface area contributed by atoms with Crippen molar-refractivity contribution in [2.75, 3.05) is 6.54 Å². The number of likely N-dealkylation sites (tertiary alicyclic amines) is 1. The number of amides is 2. The Morgan fingerprint density at radius 3 is 2.88 bits per heavy atom. The van der Waals surface area contributed by atoms with Crippen molar-refractivity contribution in [3.05, 3.63) is 12.3 Å². The Morgan fingerprint density at radius 1 is 1.50 bits per heavy atom. The number of hydrogen-bond donors (Lipinski definition) is 1. The summed E-state index contributed by atoms with van der Waals surface area (Å²) < 4.78 is 0. The second-order valence-corrected chi connectivity index (χ2v) is 4.80. The van der Waals surface area contributed by atoms with E-state index in [4.69, 9.17) is 0 Å². The van der Waals surface area contributed by atoms with Crippen molar-refractivity contribution in [3.8, 4) is 0 Å². The fourth-order valence-electron chi connectivity index (χ4n) is 2.09. The molecule has 1 atom stereocenters. The molecule has 0 spiro atoms. The summed E-state index contributed by atoms with van der Waals surface area (Å²) in [7, 11) is 0. The maximum Gasteiger partial charge on any atom is 0.321 e. The predicted octanol–water partition coefficient (Wildman–Crippen LogP) is 3.13. The van der Waals surface area contributed by atoms with Gasteiger partial charge in [0.05, 0.1) is 0 Å². The van der Waals surface area contributed by atoms with E-state index in [0.29, 0.717) is 12.0 Å². The average molecular weight is 224 g/mol. The molecule has 1 aliphatic heterocycles. The number of hydrogen-bond acceptors (Lipinski definition) is 1. The Labute approximate surface area is 98.9 Å². The summed E-state index contributed by atoms with van der Waals surface area (Å²) in [5.74, 6) is 0.476. The Kier molecular flexibility index (Phi) is 5.36. The van der Waals surface area contributed by atoms with Crippen molar-refractivity contribution in [1.82, 2.24) is 10.2 Å². The van der Waals surface area contributed by atoms with Gasteiger partial charge in [-0.3, -0.25) is 0 Å². The van der Waals surface area contributed by atoms with Gasteiger partial charge in [0.2, 0.25) is 0 Å². The van der Waals surface area contributed by atoms with Gasteiger partial charge in [0.15, 0.2) is 0 Å². The van der Waals surface area contributed by atoms with Crippen LogP contribution in [0.5, 0.6) is 0 Å². The average Bonchev–Trinajstić information content (AvgIpc) is 2.28. The first-order valence-corrected chi connectivity index (χ1v) is 6.39. The molecule has 0 aromatic carbocycles. The van der Waals surface area contributed by atoms with E-state index in [0.717, 1.165) is 25.8 Å². The van der Waals surface area contributed by atoms with E-state index in [9.17, 15) is 4.79 Å². The van der Waals surface area contributed by atoms with E-state index in [1.54, 1.807) is 6.20 Å². The molecule has 1 aliphatic rings. The molecule has 1 N–H and O–H groups in total. The zero-order chi connectivity index (χ0) is 12.0. The third kappa shape index (κ3) is 3.87. The highest BCUT2D eigenvalue weighted by molar-refractivity contribution is 5.75. The quantitative estimate of drug-likeness (QED) is 0.784. The molecule has 0 aromatic rings. The molecular weight excluding hydrogens is 200 g/mol. The molecule has 92 valence electrons. The molecule has 1 rings (SSSR count). The summed E-state index contributed by atoms with van der Waals surface area (Å²) in [6.07, 6.45) is 8.37. The Balaban J connectivity index is 2.44. The molecule has 0 aromatic heterocycles. The second-order valence-electron chi connectivity index (χ2n) is 4.80. The highest BCUT2D eigenvalue weighted by Gasteiger charge is 2.24. The van der Waals surface area contributed by atoms with E-state index in [-0.39, 0.29) is 6.03 Å². The molecule has 1 heterocycles. The summed E-state index contributed by atoms with van der Waals surface area (Å²) in [6.45, 7) is 7.25. The van der Waals surface area contributed by atoms with Crippen molar-refractivity contribution < 1.29 is 4.79 Å². The molecule has 2 amide bonds. The van der Waals surface area contributed by atoms with Crippen molar-refractivity contribution in [2.24, 2.45) is 5.92 Å². The fourth-order valence-corrected chi connectivity index (χ4v) is 2.09. The molecule has 0 bridgehead atoms. The second kappa shape index (κ2) is 6.56. The Bertz CT molecular complexity index is 248. The van der Waals surface area contributed by atoms with E-state index >= 15 is 0 Å². The third-order valence-corrected chi connectivity index (χ3v) is 3.05. The van der Waals surface area contributed by atoms with Gasteiger partial charge in [-0.1, -0.05) is 26.8 Å². The summed E-state index contributed by atoms with van der Waals surface area (Å²) >= 11 is 0. The lowest BCUT2D eigenvalue weighted by molar-refractivity contribution is 0.152. The highest BCUT2D eigenvalue weighted by atomic mass is 16.2. The lowest BCUT2D eigenvalue weighted by atomic mass is 10.0. The van der Waals surface area contributed by atoms with Gasteiger partial charge in [0, 0.05) is 18.8 Å². The fraction of sp³-hybridized carbons (Fsp3) is 0.769. The van der Waals surface area contributed by atoms with Crippen LogP contribution in [0.3, 0.4) is 0 Å². The minimum Gasteiger partial charge on any atom is -0.322 e. The first-order valence-electron chi connectivity index (χ1n) is 6.39. The molecular formula is C13H24N2O.